The molecule has 2 aromatic rings. The Hall–Kier alpha value is -1.35. The number of benzene rings is 1. The molecule has 1 aliphatic rings. The lowest BCUT2D eigenvalue weighted by Crippen LogP contribution is -2.18. The number of nitrogens with zero attached hydrogens (tertiary/aromatic N) is 2. The van der Waals surface area contributed by atoms with Crippen molar-refractivity contribution in [3.05, 3.63) is 29.6 Å². The summed E-state index contributed by atoms with van der Waals surface area (Å²) in [5.74, 6) is 1.14. The van der Waals surface area contributed by atoms with Crippen LogP contribution in [0.25, 0.3) is 11.0 Å². The van der Waals surface area contributed by atoms with Crippen LogP contribution >= 0.6 is 0 Å². The third kappa shape index (κ3) is 2.07. The van der Waals surface area contributed by atoms with Gasteiger partial charge >= 0.3 is 0 Å². The quantitative estimate of drug-likeness (QED) is 0.872. The summed E-state index contributed by atoms with van der Waals surface area (Å²) in [6, 6.07) is 7.32. The van der Waals surface area contributed by atoms with Crippen LogP contribution in [-0.2, 0) is 20.0 Å². The van der Waals surface area contributed by atoms with E-state index in [1.807, 2.05) is 0 Å². The lowest BCUT2D eigenvalue weighted by molar-refractivity contribution is 0.639. The van der Waals surface area contributed by atoms with Gasteiger partial charge in [0.25, 0.3) is 0 Å². The zero-order chi connectivity index (χ0) is 11.8. The average Bonchev–Trinajstić information content (AvgIpc) is 3.12. The molecule has 17 heavy (non-hydrogen) atoms. The number of fused-ring (bicyclic) bond motifs is 1. The number of rotatable bonds is 4. The molecular formula is C14H19N3. The van der Waals surface area contributed by atoms with Crippen LogP contribution in [0, 0.1) is 0 Å². The van der Waals surface area contributed by atoms with Crippen LogP contribution in [0.15, 0.2) is 18.2 Å². The maximum absolute atomic E-state index is 4.72. The summed E-state index contributed by atoms with van der Waals surface area (Å²) in [5.41, 5.74) is 3.71. The van der Waals surface area contributed by atoms with Gasteiger partial charge in [0.2, 0.25) is 0 Å². The van der Waals surface area contributed by atoms with E-state index in [2.05, 4.69) is 42.1 Å². The number of hydrogen-bond acceptors (Lipinski definition) is 2. The second-order valence-electron chi connectivity index (χ2n) is 4.92. The second-order valence-corrected chi connectivity index (χ2v) is 4.92. The largest absolute Gasteiger partial charge is 0.330 e. The van der Waals surface area contributed by atoms with E-state index in [9.17, 15) is 0 Å². The van der Waals surface area contributed by atoms with Crippen LogP contribution < -0.4 is 5.32 Å². The Balaban J connectivity index is 1.92. The maximum atomic E-state index is 4.72. The van der Waals surface area contributed by atoms with Crippen molar-refractivity contribution in [2.24, 2.45) is 7.05 Å². The first-order chi connectivity index (χ1) is 8.28. The molecule has 0 radical (unpaired) electrons. The molecule has 1 N–H and O–H groups in total. The highest BCUT2D eigenvalue weighted by molar-refractivity contribution is 5.76. The molecule has 0 amide bonds. The third-order valence-corrected chi connectivity index (χ3v) is 3.57. The minimum atomic E-state index is 0.737. The van der Waals surface area contributed by atoms with E-state index in [-0.39, 0.29) is 0 Å². The molecule has 3 nitrogen and oxygen atoms in total. The molecule has 1 saturated carbocycles. The summed E-state index contributed by atoms with van der Waals surface area (Å²) in [4.78, 5) is 4.72. The van der Waals surface area contributed by atoms with E-state index in [1.54, 1.807) is 0 Å². The summed E-state index contributed by atoms with van der Waals surface area (Å²) in [5, 5.41) is 3.52. The van der Waals surface area contributed by atoms with E-state index < -0.39 is 0 Å². The fourth-order valence-electron chi connectivity index (χ4n) is 2.20. The zero-order valence-electron chi connectivity index (χ0n) is 10.5. The summed E-state index contributed by atoms with van der Waals surface area (Å²) >= 11 is 0. The summed E-state index contributed by atoms with van der Waals surface area (Å²) < 4.78 is 2.20. The molecule has 3 heteroatoms. The Morgan fingerprint density at radius 2 is 2.24 bits per heavy atom. The predicted octanol–water partition coefficient (Wildman–Crippen LogP) is 2.39. The minimum absolute atomic E-state index is 0.737. The van der Waals surface area contributed by atoms with E-state index in [4.69, 9.17) is 4.98 Å². The molecule has 1 aromatic heterocycles. The first-order valence-electron chi connectivity index (χ1n) is 6.45. The van der Waals surface area contributed by atoms with Gasteiger partial charge in [-0.2, -0.15) is 0 Å². The van der Waals surface area contributed by atoms with Gasteiger partial charge in [0, 0.05) is 13.1 Å². The molecule has 1 fully saturated rings. The van der Waals surface area contributed by atoms with Crippen molar-refractivity contribution in [1.82, 2.24) is 14.9 Å². The molecule has 0 aliphatic heterocycles. The van der Waals surface area contributed by atoms with E-state index in [1.165, 1.54) is 23.9 Å². The van der Waals surface area contributed by atoms with Crippen LogP contribution in [0.2, 0.25) is 0 Å². The Kier molecular flexibility index (Phi) is 2.63. The van der Waals surface area contributed by atoms with Gasteiger partial charge in [0.15, 0.2) is 0 Å². The van der Waals surface area contributed by atoms with Gasteiger partial charge in [-0.15, -0.1) is 0 Å². The molecule has 90 valence electrons. The van der Waals surface area contributed by atoms with Crippen molar-refractivity contribution >= 4 is 11.0 Å². The van der Waals surface area contributed by atoms with Gasteiger partial charge in [-0.1, -0.05) is 13.0 Å². The van der Waals surface area contributed by atoms with Crippen molar-refractivity contribution in [2.75, 3.05) is 0 Å². The van der Waals surface area contributed by atoms with Crippen LogP contribution in [0.1, 0.15) is 31.2 Å². The monoisotopic (exact) mass is 229 g/mol. The predicted molar refractivity (Wildman–Crippen MR) is 70.0 cm³/mol. The summed E-state index contributed by atoms with van der Waals surface area (Å²) in [6.07, 6.45) is 3.72. The van der Waals surface area contributed by atoms with Crippen LogP contribution in [-0.4, -0.2) is 15.6 Å². The first kappa shape index (κ1) is 10.8. The number of nitrogens with one attached hydrogen (secondary N) is 1. The lowest BCUT2D eigenvalue weighted by Gasteiger charge is -2.03. The Bertz CT molecular complexity index is 538. The van der Waals surface area contributed by atoms with Crippen LogP contribution in [0.5, 0.6) is 0 Å². The highest BCUT2D eigenvalue weighted by atomic mass is 15.1. The van der Waals surface area contributed by atoms with Gasteiger partial charge in [-0.05, 0) is 37.0 Å². The fraction of sp³-hybridized carbons (Fsp3) is 0.500. The van der Waals surface area contributed by atoms with E-state index in [0.717, 1.165) is 30.3 Å². The van der Waals surface area contributed by atoms with Gasteiger partial charge in [-0.25, -0.2) is 4.98 Å². The highest BCUT2D eigenvalue weighted by Crippen LogP contribution is 2.21. The Morgan fingerprint density at radius 3 is 2.94 bits per heavy atom. The van der Waals surface area contributed by atoms with Crippen molar-refractivity contribution in [2.45, 2.75) is 38.8 Å². The number of aromatic nitrogens is 2. The summed E-state index contributed by atoms with van der Waals surface area (Å²) in [7, 11) is 2.10. The first-order valence-corrected chi connectivity index (χ1v) is 6.45. The molecule has 3 rings (SSSR count). The third-order valence-electron chi connectivity index (χ3n) is 3.57. The maximum Gasteiger partial charge on any atom is 0.123 e. The van der Waals surface area contributed by atoms with E-state index >= 15 is 0 Å². The Labute approximate surface area is 102 Å². The van der Waals surface area contributed by atoms with Gasteiger partial charge < -0.3 is 9.88 Å². The molecule has 1 aliphatic carbocycles. The van der Waals surface area contributed by atoms with Crippen molar-refractivity contribution in [1.29, 1.82) is 0 Å². The smallest absolute Gasteiger partial charge is 0.123 e. The van der Waals surface area contributed by atoms with E-state index in [0.29, 0.717) is 0 Å². The molecule has 0 saturated heterocycles. The molecule has 1 heterocycles. The van der Waals surface area contributed by atoms with Crippen molar-refractivity contribution in [3.8, 4) is 0 Å². The number of imidazole rings is 1. The highest BCUT2D eigenvalue weighted by Gasteiger charge is 2.21. The molecule has 0 bridgehead atoms. The zero-order valence-corrected chi connectivity index (χ0v) is 10.5. The molecule has 1 aromatic carbocycles. The van der Waals surface area contributed by atoms with Crippen LogP contribution in [0.4, 0.5) is 0 Å². The SMILES string of the molecule is CCc1ccc2c(c1)nc(CNC1CC1)n2C. The van der Waals surface area contributed by atoms with Crippen LogP contribution in [0.3, 0.4) is 0 Å². The molecular weight excluding hydrogens is 210 g/mol. The average molecular weight is 229 g/mol. The summed E-state index contributed by atoms with van der Waals surface area (Å²) in [6.45, 7) is 3.07. The second kappa shape index (κ2) is 4.15. The topological polar surface area (TPSA) is 29.9 Å². The normalized spacial score (nSPS) is 15.6. The fourth-order valence-corrected chi connectivity index (χ4v) is 2.20. The lowest BCUT2D eigenvalue weighted by atomic mass is 10.1. The van der Waals surface area contributed by atoms with Crippen molar-refractivity contribution < 1.29 is 0 Å². The number of aryl methyl sites for hydroxylation is 2. The molecule has 0 spiro atoms. The molecule has 0 unspecified atom stereocenters. The number of hydrogen-bond donors (Lipinski definition) is 1. The van der Waals surface area contributed by atoms with Crippen molar-refractivity contribution in [3.63, 3.8) is 0 Å². The minimum Gasteiger partial charge on any atom is -0.330 e. The molecule has 0 atom stereocenters. The van der Waals surface area contributed by atoms with Gasteiger partial charge in [0.1, 0.15) is 5.82 Å². The van der Waals surface area contributed by atoms with Gasteiger partial charge in [0.05, 0.1) is 17.6 Å². The Morgan fingerprint density at radius 1 is 1.41 bits per heavy atom. The standard InChI is InChI=1S/C14H19N3/c1-3-10-4-7-13-12(8-10)16-14(17(13)2)9-15-11-5-6-11/h4,7-8,11,15H,3,5-6,9H2,1-2H3. The van der Waals surface area contributed by atoms with Gasteiger partial charge in [-0.3, -0.25) is 0 Å².